The molecular weight excluding hydrogens is 318 g/mol. The molecule has 1 aromatic carbocycles. The molecule has 0 aliphatic rings. The number of carbonyl (C=O) groups is 1. The molecule has 1 aromatic heterocycles. The third-order valence-electron chi connectivity index (χ3n) is 3.13. The molecule has 6 nitrogen and oxygen atoms in total. The van der Waals surface area contributed by atoms with Crippen molar-refractivity contribution in [3.63, 3.8) is 0 Å². The van der Waals surface area contributed by atoms with Crippen LogP contribution >= 0.6 is 11.6 Å². The van der Waals surface area contributed by atoms with Gasteiger partial charge in [0.25, 0.3) is 0 Å². The van der Waals surface area contributed by atoms with Gasteiger partial charge < -0.3 is 20.1 Å². The first-order chi connectivity index (χ1) is 11.1. The van der Waals surface area contributed by atoms with Gasteiger partial charge in [-0.2, -0.15) is 0 Å². The average Bonchev–Trinajstić information content (AvgIpc) is 2.59. The summed E-state index contributed by atoms with van der Waals surface area (Å²) in [7, 11) is 3.06. The molecule has 0 aliphatic heterocycles. The van der Waals surface area contributed by atoms with E-state index in [2.05, 4.69) is 15.6 Å². The topological polar surface area (TPSA) is 72.5 Å². The van der Waals surface area contributed by atoms with Gasteiger partial charge in [0.1, 0.15) is 11.5 Å². The zero-order valence-electron chi connectivity index (χ0n) is 12.9. The van der Waals surface area contributed by atoms with Crippen molar-refractivity contribution in [3.8, 4) is 11.5 Å². The van der Waals surface area contributed by atoms with Crippen molar-refractivity contribution in [1.29, 1.82) is 0 Å². The van der Waals surface area contributed by atoms with E-state index in [9.17, 15) is 4.79 Å². The van der Waals surface area contributed by atoms with Crippen LogP contribution in [0.5, 0.6) is 11.5 Å². The van der Waals surface area contributed by atoms with Gasteiger partial charge in [-0.1, -0.05) is 17.7 Å². The molecule has 0 spiro atoms. The fourth-order valence-electron chi connectivity index (χ4n) is 1.94. The van der Waals surface area contributed by atoms with E-state index < -0.39 is 0 Å². The van der Waals surface area contributed by atoms with Crippen LogP contribution in [0.4, 0.5) is 5.69 Å². The minimum atomic E-state index is -0.148. The molecule has 0 aliphatic carbocycles. The van der Waals surface area contributed by atoms with Crippen molar-refractivity contribution in [2.75, 3.05) is 26.1 Å². The number of nitrogens with one attached hydrogen (secondary N) is 2. The van der Waals surface area contributed by atoms with Crippen molar-refractivity contribution in [2.45, 2.75) is 6.54 Å². The summed E-state index contributed by atoms with van der Waals surface area (Å²) in [6, 6.07) is 7.05. The molecule has 0 atom stereocenters. The second-order valence-electron chi connectivity index (χ2n) is 4.68. The first-order valence-electron chi connectivity index (χ1n) is 6.95. The Bertz CT molecular complexity index is 665. The number of methoxy groups -OCH3 is 2. The highest BCUT2D eigenvalue weighted by atomic mass is 35.5. The van der Waals surface area contributed by atoms with E-state index in [4.69, 9.17) is 21.1 Å². The predicted molar refractivity (Wildman–Crippen MR) is 89.1 cm³/mol. The molecule has 0 fully saturated rings. The Morgan fingerprint density at radius 2 is 2.04 bits per heavy atom. The van der Waals surface area contributed by atoms with Crippen molar-refractivity contribution in [1.82, 2.24) is 10.3 Å². The summed E-state index contributed by atoms with van der Waals surface area (Å²) < 4.78 is 10.4. The lowest BCUT2D eigenvalue weighted by Crippen LogP contribution is -2.29. The summed E-state index contributed by atoms with van der Waals surface area (Å²) in [6.45, 7) is 0.525. The van der Waals surface area contributed by atoms with E-state index in [0.29, 0.717) is 28.8 Å². The van der Waals surface area contributed by atoms with Gasteiger partial charge in [-0.3, -0.25) is 9.78 Å². The Hall–Kier alpha value is -2.47. The van der Waals surface area contributed by atoms with Crippen molar-refractivity contribution < 1.29 is 14.3 Å². The lowest BCUT2D eigenvalue weighted by atomic mass is 10.2. The van der Waals surface area contributed by atoms with Crippen LogP contribution in [0.3, 0.4) is 0 Å². The minimum Gasteiger partial charge on any atom is -0.495 e. The van der Waals surface area contributed by atoms with Crippen LogP contribution in [0.1, 0.15) is 5.56 Å². The maximum absolute atomic E-state index is 11.9. The van der Waals surface area contributed by atoms with Gasteiger partial charge in [0.05, 0.1) is 31.5 Å². The number of ether oxygens (including phenoxy) is 2. The third-order valence-corrected chi connectivity index (χ3v) is 3.42. The third kappa shape index (κ3) is 4.75. The fraction of sp³-hybridized carbons (Fsp3) is 0.250. The molecule has 0 unspecified atom stereocenters. The SMILES string of the molecule is COc1cc(NCC(=O)NCc2cccnc2)c(OC)cc1Cl. The molecule has 122 valence electrons. The van der Waals surface area contributed by atoms with Crippen molar-refractivity contribution in [2.24, 2.45) is 0 Å². The number of benzene rings is 1. The number of hydrogen-bond acceptors (Lipinski definition) is 5. The molecule has 0 radical (unpaired) electrons. The van der Waals surface area contributed by atoms with Crippen LogP contribution in [0.25, 0.3) is 0 Å². The summed E-state index contributed by atoms with van der Waals surface area (Å²) in [4.78, 5) is 15.9. The summed E-state index contributed by atoms with van der Waals surface area (Å²) in [5, 5.41) is 6.26. The normalized spacial score (nSPS) is 10.0. The van der Waals surface area contributed by atoms with Crippen LogP contribution in [0.2, 0.25) is 5.02 Å². The van der Waals surface area contributed by atoms with Crippen LogP contribution in [-0.4, -0.2) is 31.7 Å². The van der Waals surface area contributed by atoms with E-state index in [-0.39, 0.29) is 12.5 Å². The monoisotopic (exact) mass is 335 g/mol. The fourth-order valence-corrected chi connectivity index (χ4v) is 2.17. The Morgan fingerprint density at radius 3 is 2.70 bits per heavy atom. The second kappa shape index (κ2) is 8.24. The van der Waals surface area contributed by atoms with E-state index in [1.54, 1.807) is 24.5 Å². The highest BCUT2D eigenvalue weighted by molar-refractivity contribution is 6.32. The summed E-state index contributed by atoms with van der Waals surface area (Å²) in [5.74, 6) is 0.895. The van der Waals surface area contributed by atoms with Gasteiger partial charge in [-0.25, -0.2) is 0 Å². The smallest absolute Gasteiger partial charge is 0.239 e. The minimum absolute atomic E-state index is 0.0986. The highest BCUT2D eigenvalue weighted by Crippen LogP contribution is 2.35. The van der Waals surface area contributed by atoms with Crippen LogP contribution < -0.4 is 20.1 Å². The molecule has 0 saturated carbocycles. The number of carbonyl (C=O) groups excluding carboxylic acids is 1. The number of halogens is 1. The molecule has 0 saturated heterocycles. The maximum atomic E-state index is 11.9. The zero-order valence-corrected chi connectivity index (χ0v) is 13.7. The predicted octanol–water partition coefficient (Wildman–Crippen LogP) is 2.48. The van der Waals surface area contributed by atoms with E-state index in [0.717, 1.165) is 5.56 Å². The molecule has 2 aromatic rings. The second-order valence-corrected chi connectivity index (χ2v) is 5.09. The van der Waals surface area contributed by atoms with Gasteiger partial charge >= 0.3 is 0 Å². The van der Waals surface area contributed by atoms with Gasteiger partial charge in [-0.15, -0.1) is 0 Å². The average molecular weight is 336 g/mol. The molecular formula is C16H18ClN3O3. The van der Waals surface area contributed by atoms with E-state index in [1.165, 1.54) is 14.2 Å². The number of pyridine rings is 1. The van der Waals surface area contributed by atoms with Gasteiger partial charge in [0.2, 0.25) is 5.91 Å². The number of nitrogens with zero attached hydrogens (tertiary/aromatic N) is 1. The van der Waals surface area contributed by atoms with Crippen molar-refractivity contribution in [3.05, 3.63) is 47.2 Å². The largest absolute Gasteiger partial charge is 0.495 e. The van der Waals surface area contributed by atoms with E-state index >= 15 is 0 Å². The molecule has 2 N–H and O–H groups in total. The Labute approximate surface area is 139 Å². The van der Waals surface area contributed by atoms with Crippen molar-refractivity contribution >= 4 is 23.2 Å². The number of rotatable bonds is 7. The Kier molecular flexibility index (Phi) is 6.05. The maximum Gasteiger partial charge on any atom is 0.239 e. The molecule has 0 bridgehead atoms. The molecule has 2 rings (SSSR count). The Morgan fingerprint density at radius 1 is 1.26 bits per heavy atom. The first-order valence-corrected chi connectivity index (χ1v) is 7.33. The summed E-state index contributed by atoms with van der Waals surface area (Å²) >= 11 is 6.04. The van der Waals surface area contributed by atoms with E-state index in [1.807, 2.05) is 12.1 Å². The number of aromatic nitrogens is 1. The standard InChI is InChI=1S/C16H18ClN3O3/c1-22-14-7-13(15(23-2)6-12(14)17)19-10-16(21)20-9-11-4-3-5-18-8-11/h3-8,19H,9-10H2,1-2H3,(H,20,21). The first kappa shape index (κ1) is 16.9. The van der Waals surface area contributed by atoms with Crippen LogP contribution in [-0.2, 0) is 11.3 Å². The summed E-state index contributed by atoms with van der Waals surface area (Å²) in [6.07, 6.45) is 3.40. The van der Waals surface area contributed by atoms with Gasteiger partial charge in [0.15, 0.2) is 0 Å². The highest BCUT2D eigenvalue weighted by Gasteiger charge is 2.11. The number of anilines is 1. The molecule has 23 heavy (non-hydrogen) atoms. The van der Waals surface area contributed by atoms with Crippen LogP contribution in [0.15, 0.2) is 36.7 Å². The molecule has 7 heteroatoms. The molecule has 1 heterocycles. The Balaban J connectivity index is 1.93. The quantitative estimate of drug-likeness (QED) is 0.813. The lowest BCUT2D eigenvalue weighted by Gasteiger charge is -2.14. The number of amides is 1. The van der Waals surface area contributed by atoms with Gasteiger partial charge in [0, 0.05) is 31.1 Å². The lowest BCUT2D eigenvalue weighted by molar-refractivity contribution is -0.119. The van der Waals surface area contributed by atoms with Gasteiger partial charge in [-0.05, 0) is 11.6 Å². The zero-order chi connectivity index (χ0) is 16.7. The van der Waals surface area contributed by atoms with Crippen LogP contribution in [0, 0.1) is 0 Å². The summed E-state index contributed by atoms with van der Waals surface area (Å²) in [5.41, 5.74) is 1.57. The number of hydrogen-bond donors (Lipinski definition) is 2. The molecule has 1 amide bonds.